The maximum absolute atomic E-state index is 12.4. The molecule has 3 unspecified atom stereocenters. The number of aromatic nitrogens is 2. The molecule has 1 aromatic rings. The Bertz CT molecular complexity index is 454. The third-order valence-electron chi connectivity index (χ3n) is 4.00. The lowest BCUT2D eigenvalue weighted by Gasteiger charge is -2.38. The van der Waals surface area contributed by atoms with Crippen LogP contribution in [0.5, 0.6) is 0 Å². The largest absolute Gasteiger partial charge is 0.396 e. The minimum atomic E-state index is -0.0926. The van der Waals surface area contributed by atoms with Gasteiger partial charge >= 0.3 is 0 Å². The van der Waals surface area contributed by atoms with E-state index in [9.17, 15) is 9.90 Å². The molecule has 1 N–H and O–H groups in total. The lowest BCUT2D eigenvalue weighted by molar-refractivity contribution is -0.0696. The van der Waals surface area contributed by atoms with Gasteiger partial charge in [0.2, 0.25) is 0 Å². The van der Waals surface area contributed by atoms with Crippen LogP contribution in [-0.4, -0.2) is 57.8 Å². The summed E-state index contributed by atoms with van der Waals surface area (Å²) >= 11 is 0. The van der Waals surface area contributed by atoms with Crippen molar-refractivity contribution in [1.82, 2.24) is 14.9 Å². The van der Waals surface area contributed by atoms with E-state index in [0.717, 1.165) is 12.8 Å². The fourth-order valence-corrected chi connectivity index (χ4v) is 3.06. The molecule has 0 bridgehead atoms. The van der Waals surface area contributed by atoms with Crippen molar-refractivity contribution in [3.8, 4) is 0 Å². The van der Waals surface area contributed by atoms with Crippen LogP contribution in [0.15, 0.2) is 18.6 Å². The molecule has 6 nitrogen and oxygen atoms in total. The second-order valence-electron chi connectivity index (χ2n) is 5.01. The number of fused-ring (bicyclic) bond motifs is 1. The zero-order valence-corrected chi connectivity index (χ0v) is 10.6. The normalized spacial score (nSPS) is 30.2. The van der Waals surface area contributed by atoms with Gasteiger partial charge in [-0.3, -0.25) is 9.78 Å². The number of aliphatic hydroxyl groups excluding tert-OH is 1. The smallest absolute Gasteiger partial charge is 0.274 e. The third-order valence-corrected chi connectivity index (χ3v) is 4.00. The molecule has 0 radical (unpaired) electrons. The molecule has 1 amide bonds. The maximum atomic E-state index is 12.4. The summed E-state index contributed by atoms with van der Waals surface area (Å²) in [5.41, 5.74) is 0.371. The van der Waals surface area contributed by atoms with Crippen LogP contribution in [-0.2, 0) is 4.74 Å². The van der Waals surface area contributed by atoms with Crippen molar-refractivity contribution in [2.24, 2.45) is 5.92 Å². The Kier molecular flexibility index (Phi) is 3.44. The first-order chi connectivity index (χ1) is 9.31. The summed E-state index contributed by atoms with van der Waals surface area (Å²) in [5, 5.41) is 9.34. The lowest BCUT2D eigenvalue weighted by Crippen LogP contribution is -2.53. The Morgan fingerprint density at radius 2 is 2.37 bits per heavy atom. The highest BCUT2D eigenvalue weighted by molar-refractivity contribution is 5.92. The average molecular weight is 263 g/mol. The van der Waals surface area contributed by atoms with E-state index in [1.807, 2.05) is 4.90 Å². The fourth-order valence-electron chi connectivity index (χ4n) is 3.06. The Hall–Kier alpha value is -1.53. The van der Waals surface area contributed by atoms with E-state index in [1.54, 1.807) is 6.20 Å². The average Bonchev–Trinajstić information content (AvgIpc) is 2.90. The molecule has 2 heterocycles. The highest BCUT2D eigenvalue weighted by atomic mass is 16.5. The molecule has 0 spiro atoms. The first-order valence-electron chi connectivity index (χ1n) is 6.60. The summed E-state index contributed by atoms with van der Waals surface area (Å²) < 4.78 is 5.73. The fraction of sp³-hybridized carbons (Fsp3) is 0.615. The Morgan fingerprint density at radius 3 is 3.11 bits per heavy atom. The van der Waals surface area contributed by atoms with Crippen LogP contribution < -0.4 is 0 Å². The van der Waals surface area contributed by atoms with Crippen molar-refractivity contribution in [3.05, 3.63) is 24.3 Å². The molecule has 2 fully saturated rings. The van der Waals surface area contributed by atoms with E-state index < -0.39 is 0 Å². The van der Waals surface area contributed by atoms with Crippen LogP contribution in [0.2, 0.25) is 0 Å². The predicted octanol–water partition coefficient (Wildman–Crippen LogP) is 0.0885. The van der Waals surface area contributed by atoms with Crippen LogP contribution in [0.4, 0.5) is 0 Å². The van der Waals surface area contributed by atoms with Crippen LogP contribution in [0.25, 0.3) is 0 Å². The number of hydrogen-bond donors (Lipinski definition) is 1. The zero-order valence-electron chi connectivity index (χ0n) is 10.6. The molecule has 1 aromatic heterocycles. The Labute approximate surface area is 111 Å². The monoisotopic (exact) mass is 263 g/mol. The van der Waals surface area contributed by atoms with Gasteiger partial charge in [-0.05, 0) is 12.8 Å². The number of aliphatic hydroxyl groups is 1. The minimum absolute atomic E-state index is 0.0422. The lowest BCUT2D eigenvalue weighted by atomic mass is 10.0. The standard InChI is InChI=1S/C13H17N3O3/c17-8-9-1-2-11-12(9)19-6-5-16(11)13(18)10-7-14-3-4-15-10/h3-4,7,9,11-12,17H,1-2,5-6,8H2. The van der Waals surface area contributed by atoms with E-state index in [4.69, 9.17) is 4.74 Å². The highest BCUT2D eigenvalue weighted by Crippen LogP contribution is 2.34. The molecular weight excluding hydrogens is 246 g/mol. The molecule has 1 aliphatic carbocycles. The van der Waals surface area contributed by atoms with Gasteiger partial charge in [-0.25, -0.2) is 4.98 Å². The summed E-state index contributed by atoms with van der Waals surface area (Å²) in [7, 11) is 0. The van der Waals surface area contributed by atoms with Crippen molar-refractivity contribution >= 4 is 5.91 Å². The van der Waals surface area contributed by atoms with E-state index in [2.05, 4.69) is 9.97 Å². The van der Waals surface area contributed by atoms with Gasteiger partial charge in [-0.1, -0.05) is 0 Å². The zero-order chi connectivity index (χ0) is 13.2. The molecule has 3 rings (SSSR count). The first-order valence-corrected chi connectivity index (χ1v) is 6.60. The topological polar surface area (TPSA) is 75.6 Å². The van der Waals surface area contributed by atoms with Crippen molar-refractivity contribution in [2.45, 2.75) is 25.0 Å². The summed E-state index contributed by atoms with van der Waals surface area (Å²) in [6, 6.07) is 0.0559. The molecule has 1 saturated heterocycles. The number of ether oxygens (including phenoxy) is 1. The number of hydrogen-bond acceptors (Lipinski definition) is 5. The molecule has 6 heteroatoms. The van der Waals surface area contributed by atoms with Crippen molar-refractivity contribution in [1.29, 1.82) is 0 Å². The van der Waals surface area contributed by atoms with E-state index in [-0.39, 0.29) is 30.6 Å². The SMILES string of the molecule is O=C(c1cnccn1)N1CCOC2C(CO)CCC21. The summed E-state index contributed by atoms with van der Waals surface area (Å²) in [4.78, 5) is 22.3. The minimum Gasteiger partial charge on any atom is -0.396 e. The molecule has 19 heavy (non-hydrogen) atoms. The van der Waals surface area contributed by atoms with Gasteiger partial charge < -0.3 is 14.7 Å². The molecule has 0 aromatic carbocycles. The number of carbonyl (C=O) groups excluding carboxylic acids is 1. The van der Waals surface area contributed by atoms with Crippen LogP contribution in [0, 0.1) is 5.92 Å². The van der Waals surface area contributed by atoms with E-state index in [1.165, 1.54) is 12.4 Å². The van der Waals surface area contributed by atoms with E-state index >= 15 is 0 Å². The third kappa shape index (κ3) is 2.21. The number of carbonyl (C=O) groups is 1. The van der Waals surface area contributed by atoms with Crippen LogP contribution in [0.3, 0.4) is 0 Å². The molecule has 3 atom stereocenters. The van der Waals surface area contributed by atoms with Gasteiger partial charge in [-0.15, -0.1) is 0 Å². The van der Waals surface area contributed by atoms with Gasteiger partial charge in [0.1, 0.15) is 5.69 Å². The van der Waals surface area contributed by atoms with Crippen molar-refractivity contribution in [2.75, 3.05) is 19.8 Å². The van der Waals surface area contributed by atoms with Gasteiger partial charge in [0.25, 0.3) is 5.91 Å². The van der Waals surface area contributed by atoms with Gasteiger partial charge in [0, 0.05) is 31.5 Å². The van der Waals surface area contributed by atoms with Crippen LogP contribution >= 0.6 is 0 Å². The summed E-state index contributed by atoms with van der Waals surface area (Å²) in [5.74, 6) is 0.0486. The summed E-state index contributed by atoms with van der Waals surface area (Å²) in [6.45, 7) is 1.22. The highest BCUT2D eigenvalue weighted by Gasteiger charge is 2.44. The number of rotatable bonds is 2. The van der Waals surface area contributed by atoms with E-state index in [0.29, 0.717) is 18.8 Å². The number of morpholine rings is 1. The van der Waals surface area contributed by atoms with Gasteiger partial charge in [0.05, 0.1) is 24.9 Å². The maximum Gasteiger partial charge on any atom is 0.274 e. The predicted molar refractivity (Wildman–Crippen MR) is 66.4 cm³/mol. The quantitative estimate of drug-likeness (QED) is 0.818. The second-order valence-corrected chi connectivity index (χ2v) is 5.01. The molecule has 1 saturated carbocycles. The van der Waals surface area contributed by atoms with Crippen molar-refractivity contribution < 1.29 is 14.6 Å². The molecule has 2 aliphatic rings. The summed E-state index contributed by atoms with van der Waals surface area (Å²) in [6.07, 6.45) is 6.30. The van der Waals surface area contributed by atoms with Gasteiger partial charge in [-0.2, -0.15) is 0 Å². The molecular formula is C13H17N3O3. The molecule has 1 aliphatic heterocycles. The first kappa shape index (κ1) is 12.5. The Balaban J connectivity index is 1.79. The van der Waals surface area contributed by atoms with Crippen LogP contribution in [0.1, 0.15) is 23.3 Å². The number of amides is 1. The Morgan fingerprint density at radius 1 is 1.47 bits per heavy atom. The second kappa shape index (κ2) is 5.22. The van der Waals surface area contributed by atoms with Crippen molar-refractivity contribution in [3.63, 3.8) is 0 Å². The molecule has 102 valence electrons. The number of nitrogens with zero attached hydrogens (tertiary/aromatic N) is 3. The van der Waals surface area contributed by atoms with Gasteiger partial charge in [0.15, 0.2) is 0 Å².